The third kappa shape index (κ3) is 1.57. The lowest BCUT2D eigenvalue weighted by molar-refractivity contribution is -0.150. The molecule has 2 rings (SSSR count). The van der Waals surface area contributed by atoms with Crippen LogP contribution in [0.2, 0.25) is 0 Å². The Morgan fingerprint density at radius 1 is 1.31 bits per heavy atom. The maximum Gasteiger partial charge on any atom is 0.242 e. The van der Waals surface area contributed by atoms with Gasteiger partial charge in [0.25, 0.3) is 0 Å². The lowest BCUT2D eigenvalue weighted by atomic mass is 9.69. The molecule has 0 aromatic heterocycles. The molecular weight excluding hydrogens is 164 g/mol. The molecule has 1 amide bonds. The summed E-state index contributed by atoms with van der Waals surface area (Å²) < 4.78 is 0. The predicted octanol–water partition coefficient (Wildman–Crippen LogP) is 1.30. The Morgan fingerprint density at radius 2 is 2.08 bits per heavy atom. The topological polar surface area (TPSA) is 32.3 Å². The highest BCUT2D eigenvalue weighted by Gasteiger charge is 2.42. The van der Waals surface area contributed by atoms with Crippen LogP contribution in [0.5, 0.6) is 0 Å². The van der Waals surface area contributed by atoms with Gasteiger partial charge < -0.3 is 0 Å². The second-order valence-corrected chi connectivity index (χ2v) is 4.49. The molecule has 1 N–H and O–H groups in total. The zero-order valence-electron chi connectivity index (χ0n) is 8.31. The van der Waals surface area contributed by atoms with Gasteiger partial charge in [-0.15, -0.1) is 0 Å². The van der Waals surface area contributed by atoms with Gasteiger partial charge in [0.15, 0.2) is 0 Å². The smallest absolute Gasteiger partial charge is 0.242 e. The van der Waals surface area contributed by atoms with Gasteiger partial charge in [0, 0.05) is 18.5 Å². The van der Waals surface area contributed by atoms with Crippen molar-refractivity contribution >= 4 is 5.91 Å². The summed E-state index contributed by atoms with van der Waals surface area (Å²) in [6.45, 7) is 3.95. The minimum Gasteiger partial charge on any atom is -0.278 e. The number of amides is 1. The summed E-state index contributed by atoms with van der Waals surface area (Å²) in [7, 11) is 0. The molecule has 0 unspecified atom stereocenters. The van der Waals surface area contributed by atoms with Gasteiger partial charge in [-0.1, -0.05) is 13.3 Å². The Balaban J connectivity index is 1.95. The standard InChI is InChI=1S/C10H18N2O/c1-10(5-4-6-10)9(13)12-8-3-2-7-11-12/h11H,2-8H2,1H3. The van der Waals surface area contributed by atoms with E-state index in [1.54, 1.807) is 0 Å². The molecule has 0 bridgehead atoms. The SMILES string of the molecule is CC1(C(=O)N2CCCCN2)CCC1. The van der Waals surface area contributed by atoms with Crippen molar-refractivity contribution in [2.45, 2.75) is 39.0 Å². The molecule has 0 radical (unpaired) electrons. The molecule has 3 heteroatoms. The van der Waals surface area contributed by atoms with Crippen LogP contribution in [0.1, 0.15) is 39.0 Å². The van der Waals surface area contributed by atoms with Crippen LogP contribution < -0.4 is 5.43 Å². The highest BCUT2D eigenvalue weighted by molar-refractivity contribution is 5.82. The number of carbonyl (C=O) groups is 1. The van der Waals surface area contributed by atoms with E-state index in [1.165, 1.54) is 12.8 Å². The van der Waals surface area contributed by atoms with E-state index in [4.69, 9.17) is 0 Å². The lowest BCUT2D eigenvalue weighted by Crippen LogP contribution is -2.54. The molecule has 3 nitrogen and oxygen atoms in total. The van der Waals surface area contributed by atoms with E-state index in [0.717, 1.165) is 32.4 Å². The van der Waals surface area contributed by atoms with Gasteiger partial charge in [-0.3, -0.25) is 9.80 Å². The van der Waals surface area contributed by atoms with Gasteiger partial charge in [-0.05, 0) is 25.7 Å². The van der Waals surface area contributed by atoms with E-state index >= 15 is 0 Å². The third-order valence-electron chi connectivity index (χ3n) is 3.33. The van der Waals surface area contributed by atoms with Crippen LogP contribution in [0.25, 0.3) is 0 Å². The molecule has 1 aliphatic carbocycles. The maximum absolute atomic E-state index is 12.0. The van der Waals surface area contributed by atoms with Crippen LogP contribution in [-0.2, 0) is 4.79 Å². The molecule has 0 atom stereocenters. The van der Waals surface area contributed by atoms with Gasteiger partial charge in [-0.2, -0.15) is 0 Å². The minimum absolute atomic E-state index is 0.0374. The fourth-order valence-corrected chi connectivity index (χ4v) is 2.11. The average molecular weight is 182 g/mol. The summed E-state index contributed by atoms with van der Waals surface area (Å²) in [5.41, 5.74) is 3.14. The van der Waals surface area contributed by atoms with E-state index in [0.29, 0.717) is 5.91 Å². The summed E-state index contributed by atoms with van der Waals surface area (Å²) in [4.78, 5) is 12.0. The number of nitrogens with zero attached hydrogens (tertiary/aromatic N) is 1. The Labute approximate surface area is 79.5 Å². The number of carbonyl (C=O) groups excluding carboxylic acids is 1. The van der Waals surface area contributed by atoms with Crippen LogP contribution in [0, 0.1) is 5.41 Å². The predicted molar refractivity (Wildman–Crippen MR) is 50.9 cm³/mol. The fourth-order valence-electron chi connectivity index (χ4n) is 2.11. The van der Waals surface area contributed by atoms with E-state index < -0.39 is 0 Å². The molecule has 1 saturated heterocycles. The first-order valence-corrected chi connectivity index (χ1v) is 5.28. The van der Waals surface area contributed by atoms with Gasteiger partial charge >= 0.3 is 0 Å². The van der Waals surface area contributed by atoms with Gasteiger partial charge in [-0.25, -0.2) is 5.43 Å². The minimum atomic E-state index is -0.0374. The van der Waals surface area contributed by atoms with Crippen LogP contribution in [0.3, 0.4) is 0 Å². The largest absolute Gasteiger partial charge is 0.278 e. The quantitative estimate of drug-likeness (QED) is 0.663. The Bertz CT molecular complexity index is 205. The highest BCUT2D eigenvalue weighted by atomic mass is 16.2. The van der Waals surface area contributed by atoms with Crippen molar-refractivity contribution in [3.63, 3.8) is 0 Å². The first kappa shape index (κ1) is 9.00. The molecule has 0 spiro atoms. The molecule has 0 aromatic rings. The van der Waals surface area contributed by atoms with Gasteiger partial charge in [0.05, 0.1) is 0 Å². The van der Waals surface area contributed by atoms with E-state index in [1.807, 2.05) is 5.01 Å². The van der Waals surface area contributed by atoms with Crippen molar-refractivity contribution in [1.82, 2.24) is 10.4 Å². The Morgan fingerprint density at radius 3 is 2.54 bits per heavy atom. The van der Waals surface area contributed by atoms with E-state index in [2.05, 4.69) is 12.3 Å². The average Bonchev–Trinajstić information content (AvgIpc) is 2.14. The zero-order chi connectivity index (χ0) is 9.31. The molecule has 0 aromatic carbocycles. The maximum atomic E-state index is 12.0. The zero-order valence-corrected chi connectivity index (χ0v) is 8.31. The molecule has 1 heterocycles. The normalized spacial score (nSPS) is 26.7. The first-order chi connectivity index (χ1) is 6.22. The van der Waals surface area contributed by atoms with Crippen molar-refractivity contribution in [3.05, 3.63) is 0 Å². The van der Waals surface area contributed by atoms with Crippen LogP contribution >= 0.6 is 0 Å². The van der Waals surface area contributed by atoms with Gasteiger partial charge in [0.2, 0.25) is 5.91 Å². The van der Waals surface area contributed by atoms with Crippen molar-refractivity contribution in [2.24, 2.45) is 5.41 Å². The third-order valence-corrected chi connectivity index (χ3v) is 3.33. The second kappa shape index (κ2) is 3.29. The molecule has 2 aliphatic rings. The fraction of sp³-hybridized carbons (Fsp3) is 0.900. The Kier molecular flexibility index (Phi) is 2.28. The first-order valence-electron chi connectivity index (χ1n) is 5.28. The van der Waals surface area contributed by atoms with Crippen LogP contribution in [0.4, 0.5) is 0 Å². The summed E-state index contributed by atoms with van der Waals surface area (Å²) in [6.07, 6.45) is 5.71. The second-order valence-electron chi connectivity index (χ2n) is 4.49. The lowest BCUT2D eigenvalue weighted by Gasteiger charge is -2.41. The molecule has 74 valence electrons. The molecule has 1 aliphatic heterocycles. The molecular formula is C10H18N2O. The van der Waals surface area contributed by atoms with Crippen molar-refractivity contribution in [3.8, 4) is 0 Å². The summed E-state index contributed by atoms with van der Waals surface area (Å²) in [6, 6.07) is 0. The van der Waals surface area contributed by atoms with E-state index in [9.17, 15) is 4.79 Å². The van der Waals surface area contributed by atoms with Crippen molar-refractivity contribution in [1.29, 1.82) is 0 Å². The summed E-state index contributed by atoms with van der Waals surface area (Å²) in [5, 5.41) is 1.84. The van der Waals surface area contributed by atoms with Crippen LogP contribution in [0.15, 0.2) is 0 Å². The molecule has 1 saturated carbocycles. The number of hydrogen-bond donors (Lipinski definition) is 1. The summed E-state index contributed by atoms with van der Waals surface area (Å²) in [5.74, 6) is 0.318. The molecule has 13 heavy (non-hydrogen) atoms. The van der Waals surface area contributed by atoms with Crippen molar-refractivity contribution in [2.75, 3.05) is 13.1 Å². The number of hydrogen-bond acceptors (Lipinski definition) is 2. The number of rotatable bonds is 1. The van der Waals surface area contributed by atoms with E-state index in [-0.39, 0.29) is 5.41 Å². The Hall–Kier alpha value is -0.570. The van der Waals surface area contributed by atoms with Crippen LogP contribution in [-0.4, -0.2) is 24.0 Å². The van der Waals surface area contributed by atoms with Crippen molar-refractivity contribution < 1.29 is 4.79 Å². The number of nitrogens with one attached hydrogen (secondary N) is 1. The highest BCUT2D eigenvalue weighted by Crippen LogP contribution is 2.41. The number of hydrazine groups is 1. The monoisotopic (exact) mass is 182 g/mol. The summed E-state index contributed by atoms with van der Waals surface area (Å²) >= 11 is 0. The van der Waals surface area contributed by atoms with Gasteiger partial charge in [0.1, 0.15) is 0 Å². The molecule has 2 fully saturated rings.